The van der Waals surface area contributed by atoms with E-state index in [0.717, 1.165) is 24.3 Å². The molecule has 0 spiro atoms. The van der Waals surface area contributed by atoms with Crippen molar-refractivity contribution in [3.63, 3.8) is 0 Å². The summed E-state index contributed by atoms with van der Waals surface area (Å²) >= 11 is 0. The third kappa shape index (κ3) is 1.46. The van der Waals surface area contributed by atoms with Gasteiger partial charge in [-0.25, -0.2) is 0 Å². The van der Waals surface area contributed by atoms with Gasteiger partial charge >= 0.3 is 0 Å². The zero-order chi connectivity index (χ0) is 11.0. The van der Waals surface area contributed by atoms with Gasteiger partial charge < -0.3 is 10.5 Å². The Morgan fingerprint density at radius 2 is 2.38 bits per heavy atom. The van der Waals surface area contributed by atoms with Crippen LogP contribution in [-0.2, 0) is 4.74 Å². The predicted octanol–water partition coefficient (Wildman–Crippen LogP) is 0.303. The molecule has 1 saturated heterocycles. The van der Waals surface area contributed by atoms with Gasteiger partial charge in [0.05, 0.1) is 12.3 Å². The summed E-state index contributed by atoms with van der Waals surface area (Å²) in [6, 6.07) is 0. The molecule has 0 radical (unpaired) electrons. The Labute approximate surface area is 92.4 Å². The van der Waals surface area contributed by atoms with Crippen LogP contribution in [0.25, 0.3) is 5.65 Å². The van der Waals surface area contributed by atoms with Gasteiger partial charge in [0.1, 0.15) is 6.10 Å². The van der Waals surface area contributed by atoms with Crippen LogP contribution < -0.4 is 5.73 Å². The van der Waals surface area contributed by atoms with Gasteiger partial charge in [0.2, 0.25) is 0 Å². The maximum atomic E-state index is 5.79. The fraction of sp³-hybridized carbons (Fsp3) is 0.500. The average Bonchev–Trinajstić information content (AvgIpc) is 2.94. The number of nitrogens with two attached hydrogens (primary N) is 1. The zero-order valence-corrected chi connectivity index (χ0v) is 8.78. The molecule has 6 heteroatoms. The van der Waals surface area contributed by atoms with Crippen molar-refractivity contribution in [1.82, 2.24) is 19.6 Å². The quantitative estimate of drug-likeness (QED) is 0.786. The van der Waals surface area contributed by atoms with E-state index in [9.17, 15) is 0 Å². The number of rotatable bonds is 2. The van der Waals surface area contributed by atoms with Gasteiger partial charge in [-0.3, -0.25) is 9.38 Å². The summed E-state index contributed by atoms with van der Waals surface area (Å²) in [6.07, 6.45) is 7.35. The van der Waals surface area contributed by atoms with E-state index in [-0.39, 0.29) is 12.2 Å². The summed E-state index contributed by atoms with van der Waals surface area (Å²) in [6.45, 7) is 0.564. The number of fused-ring (bicyclic) bond motifs is 1. The van der Waals surface area contributed by atoms with E-state index in [1.54, 1.807) is 12.4 Å². The molecule has 2 aromatic rings. The number of hydrogen-bond acceptors (Lipinski definition) is 5. The maximum absolute atomic E-state index is 5.79. The molecule has 0 aliphatic carbocycles. The van der Waals surface area contributed by atoms with Crippen molar-refractivity contribution >= 4 is 5.65 Å². The van der Waals surface area contributed by atoms with Gasteiger partial charge in [0, 0.05) is 18.9 Å². The predicted molar refractivity (Wildman–Crippen MR) is 56.7 cm³/mol. The second-order valence-corrected chi connectivity index (χ2v) is 3.92. The van der Waals surface area contributed by atoms with Gasteiger partial charge in [0.25, 0.3) is 0 Å². The Balaban J connectivity index is 1.95. The molecule has 1 fully saturated rings. The lowest BCUT2D eigenvalue weighted by atomic mass is 10.2. The molecular weight excluding hydrogens is 206 g/mol. The van der Waals surface area contributed by atoms with Crippen molar-refractivity contribution < 1.29 is 4.74 Å². The Morgan fingerprint density at radius 3 is 3.19 bits per heavy atom. The van der Waals surface area contributed by atoms with Crippen LogP contribution in [0.15, 0.2) is 18.6 Å². The van der Waals surface area contributed by atoms with E-state index in [4.69, 9.17) is 10.5 Å². The Morgan fingerprint density at radius 1 is 1.44 bits per heavy atom. The third-order valence-electron chi connectivity index (χ3n) is 2.90. The average molecular weight is 219 g/mol. The number of nitrogens with zero attached hydrogens (tertiary/aromatic N) is 4. The smallest absolute Gasteiger partial charge is 0.179 e. The number of hydrogen-bond donors (Lipinski definition) is 1. The van der Waals surface area contributed by atoms with Crippen LogP contribution in [0, 0.1) is 0 Å². The molecule has 6 nitrogen and oxygen atoms in total. The first-order valence-electron chi connectivity index (χ1n) is 5.38. The van der Waals surface area contributed by atoms with Gasteiger partial charge in [-0.15, -0.1) is 10.2 Å². The molecule has 3 rings (SSSR count). The highest BCUT2D eigenvalue weighted by Gasteiger charge is 2.28. The monoisotopic (exact) mass is 219 g/mol. The summed E-state index contributed by atoms with van der Waals surface area (Å²) < 4.78 is 7.71. The minimum Gasteiger partial charge on any atom is -0.366 e. The van der Waals surface area contributed by atoms with E-state index in [1.165, 1.54) is 0 Å². The zero-order valence-electron chi connectivity index (χ0n) is 8.78. The van der Waals surface area contributed by atoms with Crippen molar-refractivity contribution in [2.45, 2.75) is 25.0 Å². The highest BCUT2D eigenvalue weighted by Crippen LogP contribution is 2.31. The molecule has 0 amide bonds. The van der Waals surface area contributed by atoms with E-state index >= 15 is 0 Å². The minimum absolute atomic E-state index is 0.00551. The molecule has 16 heavy (non-hydrogen) atoms. The molecule has 2 unspecified atom stereocenters. The molecule has 2 aromatic heterocycles. The third-order valence-corrected chi connectivity index (χ3v) is 2.90. The Hall–Kier alpha value is -1.53. The molecule has 0 bridgehead atoms. The SMILES string of the molecule is NCC1CCC(c2nnc3cnccn23)O1. The van der Waals surface area contributed by atoms with Crippen molar-refractivity contribution in [3.8, 4) is 0 Å². The van der Waals surface area contributed by atoms with Crippen LogP contribution in [0.3, 0.4) is 0 Å². The van der Waals surface area contributed by atoms with Crippen molar-refractivity contribution in [2.24, 2.45) is 5.73 Å². The highest BCUT2D eigenvalue weighted by molar-refractivity contribution is 5.34. The molecule has 0 aromatic carbocycles. The molecule has 2 N–H and O–H groups in total. The van der Waals surface area contributed by atoms with E-state index < -0.39 is 0 Å². The molecular formula is C10H13N5O. The summed E-state index contributed by atoms with van der Waals surface area (Å²) in [5, 5.41) is 8.21. The largest absolute Gasteiger partial charge is 0.366 e. The number of aromatic nitrogens is 4. The van der Waals surface area contributed by atoms with Crippen LogP contribution in [0.5, 0.6) is 0 Å². The lowest BCUT2D eigenvalue weighted by Gasteiger charge is -2.10. The molecule has 2 atom stereocenters. The van der Waals surface area contributed by atoms with Gasteiger partial charge in [0.15, 0.2) is 11.5 Å². The summed E-state index contributed by atoms with van der Waals surface area (Å²) in [4.78, 5) is 4.00. The van der Waals surface area contributed by atoms with Crippen LogP contribution in [-0.4, -0.2) is 32.2 Å². The summed E-state index contributed by atoms with van der Waals surface area (Å²) in [7, 11) is 0. The lowest BCUT2D eigenvalue weighted by Crippen LogP contribution is -2.19. The standard InChI is InChI=1S/C10H13N5O/c11-5-7-1-2-8(16-7)10-14-13-9-6-12-3-4-15(9)10/h3-4,6-8H,1-2,5,11H2. The van der Waals surface area contributed by atoms with Gasteiger partial charge in [-0.1, -0.05) is 0 Å². The van der Waals surface area contributed by atoms with Crippen LogP contribution in [0.1, 0.15) is 24.8 Å². The fourth-order valence-electron chi connectivity index (χ4n) is 2.06. The Bertz CT molecular complexity index is 497. The van der Waals surface area contributed by atoms with Crippen molar-refractivity contribution in [2.75, 3.05) is 6.54 Å². The molecule has 1 aliphatic rings. The normalized spacial score (nSPS) is 25.3. The van der Waals surface area contributed by atoms with Crippen molar-refractivity contribution in [3.05, 3.63) is 24.4 Å². The van der Waals surface area contributed by atoms with Crippen LogP contribution in [0.4, 0.5) is 0 Å². The fourth-order valence-corrected chi connectivity index (χ4v) is 2.06. The molecule has 1 aliphatic heterocycles. The highest BCUT2D eigenvalue weighted by atomic mass is 16.5. The lowest BCUT2D eigenvalue weighted by molar-refractivity contribution is 0.0442. The summed E-state index contributed by atoms with van der Waals surface area (Å²) in [5.74, 6) is 0.841. The second-order valence-electron chi connectivity index (χ2n) is 3.92. The van der Waals surface area contributed by atoms with E-state index in [2.05, 4.69) is 15.2 Å². The summed E-state index contributed by atoms with van der Waals surface area (Å²) in [5.41, 5.74) is 6.33. The maximum Gasteiger partial charge on any atom is 0.179 e. The first kappa shape index (κ1) is 9.68. The van der Waals surface area contributed by atoms with Crippen LogP contribution >= 0.6 is 0 Å². The topological polar surface area (TPSA) is 78.3 Å². The first-order valence-corrected chi connectivity index (χ1v) is 5.38. The molecule has 84 valence electrons. The van der Waals surface area contributed by atoms with E-state index in [1.807, 2.05) is 10.6 Å². The minimum atomic E-state index is 0.00551. The number of ether oxygens (including phenoxy) is 1. The van der Waals surface area contributed by atoms with Crippen LogP contribution in [0.2, 0.25) is 0 Å². The van der Waals surface area contributed by atoms with Crippen molar-refractivity contribution in [1.29, 1.82) is 0 Å². The van der Waals surface area contributed by atoms with E-state index in [0.29, 0.717) is 6.54 Å². The van der Waals surface area contributed by atoms with Gasteiger partial charge in [-0.05, 0) is 12.8 Å². The molecule has 3 heterocycles. The second kappa shape index (κ2) is 3.80. The Kier molecular flexibility index (Phi) is 2.30. The molecule has 0 saturated carbocycles. The van der Waals surface area contributed by atoms with Gasteiger partial charge in [-0.2, -0.15) is 0 Å². The first-order chi connectivity index (χ1) is 7.88.